The number of nitro groups is 1. The van der Waals surface area contributed by atoms with Gasteiger partial charge in [-0.15, -0.1) is 0 Å². The quantitative estimate of drug-likeness (QED) is 0.182. The topological polar surface area (TPSA) is 93.8 Å². The Hall–Kier alpha value is -4.04. The van der Waals surface area contributed by atoms with E-state index >= 15 is 0 Å². The monoisotopic (exact) mass is 517 g/mol. The van der Waals surface area contributed by atoms with Crippen molar-refractivity contribution in [3.05, 3.63) is 116 Å². The Morgan fingerprint density at radius 1 is 1.03 bits per heavy atom. The SMILES string of the molecule is O=C(Cc1ccc([N+](=O)[O-])cc1)N/N=C\c1ccc(OCc2cccc3ccccc23)c(Br)c1. The summed E-state index contributed by atoms with van der Waals surface area (Å²) in [6, 6.07) is 25.7. The summed E-state index contributed by atoms with van der Waals surface area (Å²) < 4.78 is 6.79. The van der Waals surface area contributed by atoms with Gasteiger partial charge in [0.05, 0.1) is 22.0 Å². The first-order chi connectivity index (χ1) is 16.5. The molecule has 0 aliphatic rings. The molecule has 34 heavy (non-hydrogen) atoms. The molecule has 0 aliphatic heterocycles. The number of rotatable bonds is 8. The molecule has 0 heterocycles. The highest BCUT2D eigenvalue weighted by atomic mass is 79.9. The highest BCUT2D eigenvalue weighted by Crippen LogP contribution is 2.27. The first-order valence-corrected chi connectivity index (χ1v) is 11.2. The first-order valence-electron chi connectivity index (χ1n) is 10.4. The predicted octanol–water partition coefficient (Wildman–Crippen LogP) is 5.78. The van der Waals surface area contributed by atoms with Crippen LogP contribution in [0.4, 0.5) is 5.69 Å². The number of amides is 1. The Labute approximate surface area is 204 Å². The number of hydrazone groups is 1. The number of non-ortho nitro benzene ring substituents is 1. The molecule has 4 aromatic carbocycles. The number of carbonyl (C=O) groups is 1. The molecule has 8 heteroatoms. The van der Waals surface area contributed by atoms with E-state index in [0.717, 1.165) is 21.0 Å². The maximum atomic E-state index is 12.1. The van der Waals surface area contributed by atoms with E-state index in [2.05, 4.69) is 50.7 Å². The summed E-state index contributed by atoms with van der Waals surface area (Å²) in [6.07, 6.45) is 1.60. The number of nitro benzene ring substituents is 1. The van der Waals surface area contributed by atoms with Crippen molar-refractivity contribution in [2.45, 2.75) is 13.0 Å². The van der Waals surface area contributed by atoms with Gasteiger partial charge in [-0.25, -0.2) is 5.43 Å². The van der Waals surface area contributed by atoms with Gasteiger partial charge in [0.1, 0.15) is 12.4 Å². The normalized spacial score (nSPS) is 11.0. The number of benzene rings is 4. The van der Waals surface area contributed by atoms with Crippen LogP contribution in [0.25, 0.3) is 10.8 Å². The molecule has 7 nitrogen and oxygen atoms in total. The smallest absolute Gasteiger partial charge is 0.269 e. The number of nitrogens with zero attached hydrogens (tertiary/aromatic N) is 2. The molecule has 0 spiro atoms. The first kappa shape index (κ1) is 23.1. The molecular weight excluding hydrogens is 498 g/mol. The van der Waals surface area contributed by atoms with Gasteiger partial charge in [0.25, 0.3) is 5.69 Å². The molecule has 0 fully saturated rings. The summed E-state index contributed by atoms with van der Waals surface area (Å²) in [7, 11) is 0. The van der Waals surface area contributed by atoms with Crippen LogP contribution in [-0.4, -0.2) is 17.0 Å². The van der Waals surface area contributed by atoms with Gasteiger partial charge in [-0.2, -0.15) is 5.10 Å². The van der Waals surface area contributed by atoms with E-state index in [4.69, 9.17) is 4.74 Å². The molecule has 0 atom stereocenters. The van der Waals surface area contributed by atoms with E-state index in [1.54, 1.807) is 12.1 Å². The largest absolute Gasteiger partial charge is 0.488 e. The van der Waals surface area contributed by atoms with Crippen LogP contribution < -0.4 is 10.2 Å². The van der Waals surface area contributed by atoms with E-state index < -0.39 is 4.92 Å². The van der Waals surface area contributed by atoms with Crippen LogP contribution in [0.3, 0.4) is 0 Å². The molecule has 170 valence electrons. The van der Waals surface area contributed by atoms with Crippen LogP contribution in [0.2, 0.25) is 0 Å². The van der Waals surface area contributed by atoms with Crippen molar-refractivity contribution in [2.24, 2.45) is 5.10 Å². The number of hydrogen-bond acceptors (Lipinski definition) is 5. The van der Waals surface area contributed by atoms with Gasteiger partial charge < -0.3 is 4.74 Å². The third-order valence-corrected chi connectivity index (χ3v) is 5.75. The fraction of sp³-hybridized carbons (Fsp3) is 0.0769. The molecule has 1 amide bonds. The zero-order valence-corrected chi connectivity index (χ0v) is 19.6. The molecule has 0 radical (unpaired) electrons. The third kappa shape index (κ3) is 5.85. The van der Waals surface area contributed by atoms with E-state index in [1.165, 1.54) is 23.7 Å². The Balaban J connectivity index is 1.32. The predicted molar refractivity (Wildman–Crippen MR) is 135 cm³/mol. The molecular formula is C26H20BrN3O4. The highest BCUT2D eigenvalue weighted by Gasteiger charge is 2.08. The van der Waals surface area contributed by atoms with Gasteiger partial charge in [0.15, 0.2) is 0 Å². The molecule has 1 N–H and O–H groups in total. The van der Waals surface area contributed by atoms with Crippen LogP contribution in [0, 0.1) is 10.1 Å². The molecule has 4 aromatic rings. The second-order valence-corrected chi connectivity index (χ2v) is 8.36. The number of carbonyl (C=O) groups excluding carboxylic acids is 1. The Kier molecular flexibility index (Phi) is 7.29. The number of halogens is 1. The fourth-order valence-corrected chi connectivity index (χ4v) is 3.94. The highest BCUT2D eigenvalue weighted by molar-refractivity contribution is 9.10. The average Bonchev–Trinajstić information content (AvgIpc) is 2.84. The van der Waals surface area contributed by atoms with Crippen molar-refractivity contribution >= 4 is 44.5 Å². The molecule has 0 aliphatic carbocycles. The zero-order chi connectivity index (χ0) is 23.9. The molecule has 0 unspecified atom stereocenters. The van der Waals surface area contributed by atoms with Gasteiger partial charge in [-0.3, -0.25) is 14.9 Å². The Bertz CT molecular complexity index is 1370. The van der Waals surface area contributed by atoms with Crippen molar-refractivity contribution in [3.8, 4) is 5.75 Å². The van der Waals surface area contributed by atoms with Gasteiger partial charge in [0.2, 0.25) is 5.91 Å². The lowest BCUT2D eigenvalue weighted by molar-refractivity contribution is -0.384. The van der Waals surface area contributed by atoms with Crippen molar-refractivity contribution in [1.82, 2.24) is 5.43 Å². The lowest BCUT2D eigenvalue weighted by atomic mass is 10.1. The summed E-state index contributed by atoms with van der Waals surface area (Å²) in [5.41, 5.74) is 4.99. The van der Waals surface area contributed by atoms with Gasteiger partial charge in [0, 0.05) is 12.1 Å². The number of fused-ring (bicyclic) bond motifs is 1. The fourth-order valence-electron chi connectivity index (χ4n) is 3.43. The van der Waals surface area contributed by atoms with E-state index in [9.17, 15) is 14.9 Å². The lowest BCUT2D eigenvalue weighted by Gasteiger charge is -2.11. The summed E-state index contributed by atoms with van der Waals surface area (Å²) in [6.45, 7) is 0.437. The minimum absolute atomic E-state index is 0.0164. The van der Waals surface area contributed by atoms with Crippen LogP contribution in [0.5, 0.6) is 5.75 Å². The third-order valence-electron chi connectivity index (χ3n) is 5.13. The minimum Gasteiger partial charge on any atom is -0.488 e. The number of ether oxygens (including phenoxy) is 1. The van der Waals surface area contributed by atoms with Gasteiger partial charge in [-0.1, -0.05) is 54.6 Å². The number of nitrogens with one attached hydrogen (secondary N) is 1. The van der Waals surface area contributed by atoms with Gasteiger partial charge >= 0.3 is 0 Å². The maximum absolute atomic E-state index is 12.1. The van der Waals surface area contributed by atoms with E-state index in [1.807, 2.05) is 36.4 Å². The molecule has 0 saturated heterocycles. The van der Waals surface area contributed by atoms with Gasteiger partial charge in [-0.05, 0) is 61.6 Å². The van der Waals surface area contributed by atoms with Crippen molar-refractivity contribution in [2.75, 3.05) is 0 Å². The maximum Gasteiger partial charge on any atom is 0.269 e. The molecule has 0 bridgehead atoms. The Morgan fingerprint density at radius 2 is 1.79 bits per heavy atom. The molecule has 0 saturated carbocycles. The summed E-state index contributed by atoms with van der Waals surface area (Å²) in [5, 5.41) is 17.0. The number of hydrogen-bond donors (Lipinski definition) is 1. The van der Waals surface area contributed by atoms with Crippen molar-refractivity contribution < 1.29 is 14.5 Å². The standard InChI is InChI=1S/C26H20BrN3O4/c27-24-14-19(16-28-29-26(31)15-18-8-11-22(12-9-18)30(32)33)10-13-25(24)34-17-21-6-3-5-20-4-1-2-7-23(20)21/h1-14,16H,15,17H2,(H,29,31)/b28-16-. The van der Waals surface area contributed by atoms with E-state index in [-0.39, 0.29) is 18.0 Å². The average molecular weight is 518 g/mol. The lowest BCUT2D eigenvalue weighted by Crippen LogP contribution is -2.19. The molecule has 0 aromatic heterocycles. The summed E-state index contributed by atoms with van der Waals surface area (Å²) in [4.78, 5) is 22.3. The van der Waals surface area contributed by atoms with Crippen LogP contribution in [0.1, 0.15) is 16.7 Å². The van der Waals surface area contributed by atoms with E-state index in [0.29, 0.717) is 17.9 Å². The van der Waals surface area contributed by atoms with Crippen LogP contribution >= 0.6 is 15.9 Å². The zero-order valence-electron chi connectivity index (χ0n) is 18.0. The Morgan fingerprint density at radius 3 is 2.56 bits per heavy atom. The summed E-state index contributed by atoms with van der Waals surface area (Å²) >= 11 is 3.53. The molecule has 4 rings (SSSR count). The van der Waals surface area contributed by atoms with Crippen molar-refractivity contribution in [1.29, 1.82) is 0 Å². The van der Waals surface area contributed by atoms with Crippen LogP contribution in [0.15, 0.2) is 94.5 Å². The second-order valence-electron chi connectivity index (χ2n) is 7.51. The summed E-state index contributed by atoms with van der Waals surface area (Å²) in [5.74, 6) is 0.381. The minimum atomic E-state index is -0.480. The van der Waals surface area contributed by atoms with Crippen LogP contribution in [-0.2, 0) is 17.8 Å². The second kappa shape index (κ2) is 10.7. The van der Waals surface area contributed by atoms with Crippen molar-refractivity contribution in [3.63, 3.8) is 0 Å².